The van der Waals surface area contributed by atoms with Gasteiger partial charge in [0.1, 0.15) is 17.7 Å². The van der Waals surface area contributed by atoms with Gasteiger partial charge in [0.15, 0.2) is 0 Å². The minimum absolute atomic E-state index is 0.0144. The first kappa shape index (κ1) is 36.1. The van der Waals surface area contributed by atoms with Crippen molar-refractivity contribution in [1.29, 1.82) is 0 Å². The second-order valence-electron chi connectivity index (χ2n) is 13.5. The molecule has 4 heterocycles. The number of rotatable bonds is 14. The third kappa shape index (κ3) is 8.17. The third-order valence-corrected chi connectivity index (χ3v) is 9.88. The molecule has 2 aliphatic rings. The molecule has 0 spiro atoms. The Morgan fingerprint density at radius 3 is 2.67 bits per heavy atom. The number of carbonyl (C=O) groups is 4. The Morgan fingerprint density at radius 2 is 1.83 bits per heavy atom. The number of aryl methyl sites for hydroxylation is 1. The summed E-state index contributed by atoms with van der Waals surface area (Å²) in [6, 6.07) is 15.2. The monoisotopic (exact) mass is 729 g/mol. The van der Waals surface area contributed by atoms with Crippen LogP contribution in [0.3, 0.4) is 0 Å². The van der Waals surface area contributed by atoms with Crippen LogP contribution in [0.15, 0.2) is 79.0 Å². The topological polar surface area (TPSA) is 187 Å². The number of carbonyl (C=O) groups excluding carboxylic acids is 4. The summed E-state index contributed by atoms with van der Waals surface area (Å²) in [6.07, 6.45) is 14.4. The lowest BCUT2D eigenvalue weighted by atomic mass is 9.93. The maximum atomic E-state index is 14.0. The standard InChI is InChI=1S/C40H43N9O5/c1-54-40(53)48-37(25-8-3-2-4-9-25)39(52)49-19-7-10-34(49)38-46-31-17-14-28(21-32(31)47-38)30-15-12-26-20-27(13-16-29(26)44-30)33-22-43-35(45-33)11-5-6-18-42-36(51)23-41-24-50/h3-4,8-9,12-17,20-22,24-25,34,37H,2,5-7,10-11,18-19,23H2,1H3,(H,41,50)(H,42,51)(H,43,45)(H,46,47)(H,48,53). The molecule has 54 heavy (non-hydrogen) atoms. The Kier molecular flexibility index (Phi) is 11.1. The fourth-order valence-corrected chi connectivity index (χ4v) is 7.12. The van der Waals surface area contributed by atoms with Crippen molar-refractivity contribution in [2.45, 2.75) is 50.6 Å². The number of nitrogens with one attached hydrogen (secondary N) is 5. The molecule has 3 aromatic heterocycles. The molecule has 0 bridgehead atoms. The zero-order valence-corrected chi connectivity index (χ0v) is 30.0. The van der Waals surface area contributed by atoms with E-state index in [0.29, 0.717) is 25.3 Å². The summed E-state index contributed by atoms with van der Waals surface area (Å²) in [4.78, 5) is 71.2. The van der Waals surface area contributed by atoms with Gasteiger partial charge in [0.2, 0.25) is 18.2 Å². The largest absolute Gasteiger partial charge is 0.453 e. The van der Waals surface area contributed by atoms with E-state index >= 15 is 0 Å². The van der Waals surface area contributed by atoms with Crippen molar-refractivity contribution in [2.24, 2.45) is 5.92 Å². The van der Waals surface area contributed by atoms with Crippen LogP contribution in [0.1, 0.15) is 49.8 Å². The van der Waals surface area contributed by atoms with E-state index in [0.717, 1.165) is 88.8 Å². The van der Waals surface area contributed by atoms with Crippen LogP contribution in [-0.2, 0) is 25.5 Å². The Bertz CT molecular complexity index is 2210. The SMILES string of the molecule is COC(=O)NC(C(=O)N1CCCC1c1nc2ccc(-c3ccc4cc(-c5cnc(CCCCNC(=O)CNC=O)[nH]5)ccc4n3)cc2[nH]1)C1C=CCC=C1. The predicted molar refractivity (Wildman–Crippen MR) is 204 cm³/mol. The number of aromatic amines is 2. The number of H-pyrrole nitrogens is 2. The van der Waals surface area contributed by atoms with Gasteiger partial charge in [-0.15, -0.1) is 0 Å². The van der Waals surface area contributed by atoms with E-state index in [1.807, 2.05) is 71.8 Å². The lowest BCUT2D eigenvalue weighted by Gasteiger charge is -2.31. The second-order valence-corrected chi connectivity index (χ2v) is 13.5. The number of hydrogen-bond donors (Lipinski definition) is 5. The van der Waals surface area contributed by atoms with Crippen LogP contribution >= 0.6 is 0 Å². The number of hydrogen-bond acceptors (Lipinski definition) is 8. The van der Waals surface area contributed by atoms with Gasteiger partial charge in [0.05, 0.1) is 53.8 Å². The number of benzene rings is 2. The first-order valence-corrected chi connectivity index (χ1v) is 18.3. The number of methoxy groups -OCH3 is 1. The van der Waals surface area contributed by atoms with Crippen molar-refractivity contribution >= 4 is 46.3 Å². The van der Waals surface area contributed by atoms with Crippen LogP contribution in [0, 0.1) is 5.92 Å². The van der Waals surface area contributed by atoms with Crippen molar-refractivity contribution in [2.75, 3.05) is 26.7 Å². The second kappa shape index (κ2) is 16.6. The van der Waals surface area contributed by atoms with Gasteiger partial charge in [0.25, 0.3) is 0 Å². The molecule has 5 N–H and O–H groups in total. The fraction of sp³-hybridized carbons (Fsp3) is 0.325. The molecule has 5 aromatic rings. The Hall–Kier alpha value is -6.31. The van der Waals surface area contributed by atoms with Crippen molar-refractivity contribution in [3.8, 4) is 22.5 Å². The number of likely N-dealkylation sites (tertiary alicyclic amines) is 1. The van der Waals surface area contributed by atoms with Crippen molar-refractivity contribution in [3.05, 3.63) is 90.7 Å². The molecular formula is C40H43N9O5. The van der Waals surface area contributed by atoms with Crippen molar-refractivity contribution < 1.29 is 23.9 Å². The molecule has 278 valence electrons. The smallest absolute Gasteiger partial charge is 0.407 e. The maximum absolute atomic E-state index is 14.0. The molecule has 1 saturated heterocycles. The quantitative estimate of drug-likeness (QED) is 0.0608. The third-order valence-electron chi connectivity index (χ3n) is 9.88. The summed E-state index contributed by atoms with van der Waals surface area (Å²) < 4.78 is 4.85. The number of pyridine rings is 1. The van der Waals surface area contributed by atoms with Crippen LogP contribution in [0.2, 0.25) is 0 Å². The maximum Gasteiger partial charge on any atom is 0.407 e. The summed E-state index contributed by atoms with van der Waals surface area (Å²) >= 11 is 0. The number of amides is 4. The normalized spacial score (nSPS) is 16.1. The van der Waals surface area contributed by atoms with Gasteiger partial charge in [-0.2, -0.15) is 0 Å². The number of fused-ring (bicyclic) bond motifs is 2. The molecule has 0 saturated carbocycles. The number of ether oxygens (including phenoxy) is 1. The molecule has 14 nitrogen and oxygen atoms in total. The highest BCUT2D eigenvalue weighted by atomic mass is 16.5. The van der Waals surface area contributed by atoms with E-state index in [4.69, 9.17) is 14.7 Å². The summed E-state index contributed by atoms with van der Waals surface area (Å²) in [5, 5.41) is 8.89. The van der Waals surface area contributed by atoms with E-state index in [1.165, 1.54) is 7.11 Å². The molecule has 2 atom stereocenters. The van der Waals surface area contributed by atoms with E-state index in [9.17, 15) is 19.2 Å². The molecule has 4 amide bonds. The van der Waals surface area contributed by atoms with Gasteiger partial charge in [-0.3, -0.25) is 14.4 Å². The highest BCUT2D eigenvalue weighted by Gasteiger charge is 2.38. The first-order chi connectivity index (χ1) is 26.4. The van der Waals surface area contributed by atoms with Gasteiger partial charge < -0.3 is 35.6 Å². The minimum atomic E-state index is -0.781. The number of aromatic nitrogens is 5. The number of nitrogens with zero attached hydrogens (tertiary/aromatic N) is 4. The van der Waals surface area contributed by atoms with Gasteiger partial charge in [-0.25, -0.2) is 19.7 Å². The summed E-state index contributed by atoms with van der Waals surface area (Å²) in [7, 11) is 1.30. The summed E-state index contributed by atoms with van der Waals surface area (Å²) in [6.45, 7) is 1.10. The van der Waals surface area contributed by atoms with Gasteiger partial charge in [-0.1, -0.05) is 42.5 Å². The first-order valence-electron chi connectivity index (χ1n) is 18.3. The molecule has 1 aliphatic heterocycles. The highest BCUT2D eigenvalue weighted by Crippen LogP contribution is 2.34. The van der Waals surface area contributed by atoms with E-state index < -0.39 is 12.1 Å². The molecule has 2 unspecified atom stereocenters. The van der Waals surface area contributed by atoms with Crippen LogP contribution < -0.4 is 16.0 Å². The Balaban J connectivity index is 1.02. The lowest BCUT2D eigenvalue weighted by molar-refractivity contribution is -0.135. The van der Waals surface area contributed by atoms with Gasteiger partial charge in [-0.05, 0) is 62.4 Å². The zero-order valence-electron chi connectivity index (χ0n) is 30.0. The zero-order chi connectivity index (χ0) is 37.4. The Labute approximate surface area is 311 Å². The summed E-state index contributed by atoms with van der Waals surface area (Å²) in [5.41, 5.74) is 6.22. The molecular weight excluding hydrogens is 686 g/mol. The van der Waals surface area contributed by atoms with Gasteiger partial charge >= 0.3 is 6.09 Å². The molecule has 2 aromatic carbocycles. The van der Waals surface area contributed by atoms with Crippen LogP contribution in [0.5, 0.6) is 0 Å². The summed E-state index contributed by atoms with van der Waals surface area (Å²) in [5.74, 6) is 0.963. The average molecular weight is 730 g/mol. The highest BCUT2D eigenvalue weighted by molar-refractivity contribution is 5.89. The predicted octanol–water partition coefficient (Wildman–Crippen LogP) is 4.87. The lowest BCUT2D eigenvalue weighted by Crippen LogP contribution is -2.51. The molecule has 1 fully saturated rings. The van der Waals surface area contributed by atoms with Crippen LogP contribution in [-0.4, -0.2) is 86.9 Å². The fourth-order valence-electron chi connectivity index (χ4n) is 7.12. The number of allylic oxidation sites excluding steroid dienone is 2. The van der Waals surface area contributed by atoms with Crippen molar-refractivity contribution in [1.82, 2.24) is 45.8 Å². The molecule has 1 aliphatic carbocycles. The number of alkyl carbamates (subject to hydrolysis) is 1. The van der Waals surface area contributed by atoms with E-state index in [-0.39, 0.29) is 30.3 Å². The van der Waals surface area contributed by atoms with Crippen molar-refractivity contribution in [3.63, 3.8) is 0 Å². The van der Waals surface area contributed by atoms with E-state index in [2.05, 4.69) is 43.0 Å². The number of unbranched alkanes of at least 4 members (excludes halogenated alkanes) is 1. The van der Waals surface area contributed by atoms with Crippen LogP contribution in [0.4, 0.5) is 4.79 Å². The average Bonchev–Trinajstić information content (AvgIpc) is 3.99. The van der Waals surface area contributed by atoms with E-state index in [1.54, 1.807) is 0 Å². The van der Waals surface area contributed by atoms with Gasteiger partial charge in [0, 0.05) is 41.9 Å². The molecule has 0 radical (unpaired) electrons. The Morgan fingerprint density at radius 1 is 1.00 bits per heavy atom. The van der Waals surface area contributed by atoms with Crippen LogP contribution in [0.25, 0.3) is 44.5 Å². The molecule has 14 heteroatoms. The number of imidazole rings is 2. The minimum Gasteiger partial charge on any atom is -0.453 e. The molecule has 7 rings (SSSR count).